The summed E-state index contributed by atoms with van der Waals surface area (Å²) in [5.41, 5.74) is 0. The highest BCUT2D eigenvalue weighted by Crippen LogP contribution is 2.32. The van der Waals surface area contributed by atoms with E-state index in [0.717, 1.165) is 25.0 Å². The molecule has 1 N–H and O–H groups in total. The first-order valence-corrected chi connectivity index (χ1v) is 8.42. The third-order valence-electron chi connectivity index (χ3n) is 5.63. The van der Waals surface area contributed by atoms with E-state index < -0.39 is 5.97 Å². The lowest BCUT2D eigenvalue weighted by molar-refractivity contribution is -0.137. The van der Waals surface area contributed by atoms with Gasteiger partial charge < -0.3 is 14.9 Å². The Balaban J connectivity index is 1.50. The van der Waals surface area contributed by atoms with Crippen molar-refractivity contribution < 1.29 is 9.90 Å². The van der Waals surface area contributed by atoms with Crippen molar-refractivity contribution in [2.24, 2.45) is 5.92 Å². The van der Waals surface area contributed by atoms with Crippen molar-refractivity contribution in [2.75, 3.05) is 26.2 Å². The van der Waals surface area contributed by atoms with Gasteiger partial charge in [-0.1, -0.05) is 0 Å². The second-order valence-electron chi connectivity index (χ2n) is 6.95. The highest BCUT2D eigenvalue weighted by atomic mass is 16.4. The van der Waals surface area contributed by atoms with Crippen LogP contribution in [0.3, 0.4) is 0 Å². The van der Waals surface area contributed by atoms with Gasteiger partial charge >= 0.3 is 5.97 Å². The highest BCUT2D eigenvalue weighted by Gasteiger charge is 2.35. The van der Waals surface area contributed by atoms with Crippen LogP contribution in [0.2, 0.25) is 0 Å². The Morgan fingerprint density at radius 2 is 1.75 bits per heavy atom. The van der Waals surface area contributed by atoms with Gasteiger partial charge in [0, 0.05) is 25.0 Å². The van der Waals surface area contributed by atoms with Gasteiger partial charge in [0.05, 0.1) is 0 Å². The second-order valence-corrected chi connectivity index (χ2v) is 6.95. The SMILES string of the molecule is O=C(O)CCC1CCCN(C2CCN3CCCC3C2)C1. The molecule has 114 valence electrons. The lowest BCUT2D eigenvalue weighted by Crippen LogP contribution is -2.50. The molecule has 0 aromatic carbocycles. The van der Waals surface area contributed by atoms with Crippen LogP contribution in [0.4, 0.5) is 0 Å². The van der Waals surface area contributed by atoms with Crippen LogP contribution in [-0.4, -0.2) is 59.1 Å². The summed E-state index contributed by atoms with van der Waals surface area (Å²) in [6.45, 7) is 4.98. The van der Waals surface area contributed by atoms with E-state index in [1.165, 1.54) is 58.2 Å². The second kappa shape index (κ2) is 6.44. The lowest BCUT2D eigenvalue weighted by Gasteiger charge is -2.44. The molecule has 3 heterocycles. The molecule has 0 amide bonds. The molecule has 3 unspecified atom stereocenters. The Hall–Kier alpha value is -0.610. The maximum absolute atomic E-state index is 10.7. The minimum atomic E-state index is -0.638. The summed E-state index contributed by atoms with van der Waals surface area (Å²) in [6.07, 6.45) is 9.16. The van der Waals surface area contributed by atoms with Crippen LogP contribution >= 0.6 is 0 Å². The van der Waals surface area contributed by atoms with Crippen LogP contribution in [-0.2, 0) is 4.79 Å². The number of hydrogen-bond acceptors (Lipinski definition) is 3. The van der Waals surface area contributed by atoms with E-state index in [2.05, 4.69) is 9.80 Å². The summed E-state index contributed by atoms with van der Waals surface area (Å²) in [6, 6.07) is 1.61. The Labute approximate surface area is 122 Å². The maximum atomic E-state index is 10.7. The molecule has 3 rings (SSSR count). The van der Waals surface area contributed by atoms with Crippen LogP contribution in [0.15, 0.2) is 0 Å². The Morgan fingerprint density at radius 3 is 2.60 bits per heavy atom. The fraction of sp³-hybridized carbons (Fsp3) is 0.938. The van der Waals surface area contributed by atoms with Gasteiger partial charge in [-0.2, -0.15) is 0 Å². The van der Waals surface area contributed by atoms with E-state index in [1.54, 1.807) is 0 Å². The van der Waals surface area contributed by atoms with Crippen molar-refractivity contribution in [3.05, 3.63) is 0 Å². The van der Waals surface area contributed by atoms with Crippen molar-refractivity contribution in [2.45, 2.75) is 63.5 Å². The molecule has 3 aliphatic rings. The third-order valence-corrected chi connectivity index (χ3v) is 5.63. The van der Waals surface area contributed by atoms with Crippen LogP contribution in [0.25, 0.3) is 0 Å². The van der Waals surface area contributed by atoms with E-state index >= 15 is 0 Å². The number of carboxylic acids is 1. The number of carbonyl (C=O) groups is 1. The van der Waals surface area contributed by atoms with Crippen molar-refractivity contribution in [1.82, 2.24) is 9.80 Å². The van der Waals surface area contributed by atoms with Gasteiger partial charge in [-0.05, 0) is 70.5 Å². The largest absolute Gasteiger partial charge is 0.481 e. The number of nitrogens with zero attached hydrogens (tertiary/aromatic N) is 2. The van der Waals surface area contributed by atoms with Crippen LogP contribution in [0.1, 0.15) is 51.4 Å². The van der Waals surface area contributed by atoms with Gasteiger partial charge in [-0.15, -0.1) is 0 Å². The minimum absolute atomic E-state index is 0.347. The highest BCUT2D eigenvalue weighted by molar-refractivity contribution is 5.66. The smallest absolute Gasteiger partial charge is 0.303 e. The fourth-order valence-corrected chi connectivity index (χ4v) is 4.53. The molecule has 3 atom stereocenters. The summed E-state index contributed by atoms with van der Waals surface area (Å²) in [7, 11) is 0. The van der Waals surface area contributed by atoms with Gasteiger partial charge in [0.2, 0.25) is 0 Å². The van der Waals surface area contributed by atoms with Gasteiger partial charge in [0.25, 0.3) is 0 Å². The molecule has 0 saturated carbocycles. The fourth-order valence-electron chi connectivity index (χ4n) is 4.53. The van der Waals surface area contributed by atoms with Crippen molar-refractivity contribution in [1.29, 1.82) is 0 Å². The molecule has 20 heavy (non-hydrogen) atoms. The van der Waals surface area contributed by atoms with Crippen LogP contribution in [0, 0.1) is 5.92 Å². The molecule has 3 aliphatic heterocycles. The van der Waals surface area contributed by atoms with Crippen molar-refractivity contribution in [3.8, 4) is 0 Å². The summed E-state index contributed by atoms with van der Waals surface area (Å²) in [5.74, 6) is -0.0251. The van der Waals surface area contributed by atoms with Crippen molar-refractivity contribution >= 4 is 5.97 Å². The molecule has 3 fully saturated rings. The average molecular weight is 280 g/mol. The number of piperidine rings is 2. The Kier molecular flexibility index (Phi) is 4.61. The summed E-state index contributed by atoms with van der Waals surface area (Å²) in [5, 5.41) is 8.84. The quantitative estimate of drug-likeness (QED) is 0.857. The first kappa shape index (κ1) is 14.3. The molecular formula is C16H28N2O2. The molecule has 4 heteroatoms. The zero-order valence-corrected chi connectivity index (χ0v) is 12.5. The molecule has 0 spiro atoms. The first-order valence-electron chi connectivity index (χ1n) is 8.42. The monoisotopic (exact) mass is 280 g/mol. The molecule has 0 aromatic rings. The van der Waals surface area contributed by atoms with E-state index in [1.807, 2.05) is 0 Å². The zero-order chi connectivity index (χ0) is 13.9. The van der Waals surface area contributed by atoms with E-state index in [-0.39, 0.29) is 0 Å². The standard InChI is InChI=1S/C16H28N2O2/c19-16(20)6-5-13-3-1-9-18(12-13)15-7-10-17-8-2-4-14(17)11-15/h13-15H,1-12H2,(H,19,20). The van der Waals surface area contributed by atoms with Gasteiger partial charge in [0.1, 0.15) is 0 Å². The normalized spacial score (nSPS) is 35.9. The Morgan fingerprint density at radius 1 is 1.00 bits per heavy atom. The topological polar surface area (TPSA) is 43.8 Å². The van der Waals surface area contributed by atoms with Crippen LogP contribution < -0.4 is 0 Å². The van der Waals surface area contributed by atoms with Gasteiger partial charge in [0.15, 0.2) is 0 Å². The van der Waals surface area contributed by atoms with E-state index in [4.69, 9.17) is 5.11 Å². The summed E-state index contributed by atoms with van der Waals surface area (Å²) >= 11 is 0. The molecular weight excluding hydrogens is 252 g/mol. The van der Waals surface area contributed by atoms with Crippen LogP contribution in [0.5, 0.6) is 0 Å². The van der Waals surface area contributed by atoms with Crippen molar-refractivity contribution in [3.63, 3.8) is 0 Å². The summed E-state index contributed by atoms with van der Waals surface area (Å²) in [4.78, 5) is 16.1. The number of likely N-dealkylation sites (tertiary alicyclic amines) is 1. The summed E-state index contributed by atoms with van der Waals surface area (Å²) < 4.78 is 0. The molecule has 0 aromatic heterocycles. The third kappa shape index (κ3) is 3.34. The zero-order valence-electron chi connectivity index (χ0n) is 12.5. The average Bonchev–Trinajstić information content (AvgIpc) is 2.93. The van der Waals surface area contributed by atoms with Gasteiger partial charge in [-0.3, -0.25) is 4.79 Å². The molecule has 3 saturated heterocycles. The molecule has 0 radical (unpaired) electrons. The number of aliphatic carboxylic acids is 1. The molecule has 0 aliphatic carbocycles. The number of hydrogen-bond donors (Lipinski definition) is 1. The molecule has 0 bridgehead atoms. The van der Waals surface area contributed by atoms with E-state index in [9.17, 15) is 4.79 Å². The van der Waals surface area contributed by atoms with Gasteiger partial charge in [-0.25, -0.2) is 0 Å². The number of rotatable bonds is 4. The molecule has 4 nitrogen and oxygen atoms in total. The first-order chi connectivity index (χ1) is 9.72. The lowest BCUT2D eigenvalue weighted by atomic mass is 9.89. The predicted molar refractivity (Wildman–Crippen MR) is 78.8 cm³/mol. The van der Waals surface area contributed by atoms with E-state index in [0.29, 0.717) is 12.3 Å². The minimum Gasteiger partial charge on any atom is -0.481 e. The maximum Gasteiger partial charge on any atom is 0.303 e. The number of carboxylic acid groups (broad SMARTS) is 1. The predicted octanol–water partition coefficient (Wildman–Crippen LogP) is 2.19. The Bertz CT molecular complexity index is 347. The number of fused-ring (bicyclic) bond motifs is 1.